The summed E-state index contributed by atoms with van der Waals surface area (Å²) >= 11 is 0. The number of rotatable bonds is 8. The van der Waals surface area contributed by atoms with Crippen LogP contribution in [0.5, 0.6) is 0 Å². The van der Waals surface area contributed by atoms with Crippen molar-refractivity contribution in [2.45, 2.75) is 38.1 Å². The monoisotopic (exact) mass is 293 g/mol. The van der Waals surface area contributed by atoms with Gasteiger partial charge in [0.1, 0.15) is 0 Å². The molecule has 1 rings (SSSR count). The molecule has 0 bridgehead atoms. The van der Waals surface area contributed by atoms with Crippen LogP contribution in [0, 0.1) is 0 Å². The third-order valence-electron chi connectivity index (χ3n) is 3.36. The van der Waals surface area contributed by atoms with E-state index in [0.29, 0.717) is 6.42 Å². The Balaban J connectivity index is 2.87. The fraction of sp³-hybridized carbons (Fsp3) is 0.500. The van der Waals surface area contributed by atoms with E-state index in [-0.39, 0.29) is 24.9 Å². The maximum Gasteiger partial charge on any atom is 0.305 e. The first-order valence-corrected chi connectivity index (χ1v) is 6.99. The number of hydrogen-bond acceptors (Lipinski definition) is 3. The van der Waals surface area contributed by atoms with Gasteiger partial charge >= 0.3 is 5.97 Å². The summed E-state index contributed by atoms with van der Waals surface area (Å²) in [5.41, 5.74) is 0.00690. The van der Waals surface area contributed by atoms with E-state index >= 15 is 0 Å². The Morgan fingerprint density at radius 2 is 1.95 bits per heavy atom. The number of carboxylic acids is 1. The molecule has 2 unspecified atom stereocenters. The van der Waals surface area contributed by atoms with Gasteiger partial charge in [-0.25, -0.2) is 0 Å². The van der Waals surface area contributed by atoms with E-state index in [0.717, 1.165) is 5.56 Å². The summed E-state index contributed by atoms with van der Waals surface area (Å²) < 4.78 is 5.05. The summed E-state index contributed by atoms with van der Waals surface area (Å²) in [7, 11) is 1.49. The van der Waals surface area contributed by atoms with Crippen LogP contribution in [0.1, 0.15) is 38.2 Å². The molecule has 0 saturated heterocycles. The van der Waals surface area contributed by atoms with Crippen molar-refractivity contribution in [2.24, 2.45) is 0 Å². The fourth-order valence-electron chi connectivity index (χ4n) is 2.43. The van der Waals surface area contributed by atoms with E-state index in [4.69, 9.17) is 9.84 Å². The number of carbonyl (C=O) groups is 2. The molecule has 0 radical (unpaired) electrons. The minimum atomic E-state index is -0.970. The van der Waals surface area contributed by atoms with Crippen molar-refractivity contribution in [1.82, 2.24) is 5.32 Å². The molecule has 0 aliphatic heterocycles. The maximum atomic E-state index is 12.5. The van der Waals surface area contributed by atoms with Crippen molar-refractivity contribution in [3.05, 3.63) is 35.9 Å². The first-order chi connectivity index (χ1) is 9.91. The highest BCUT2D eigenvalue weighted by Crippen LogP contribution is 2.21. The highest BCUT2D eigenvalue weighted by molar-refractivity contribution is 5.85. The van der Waals surface area contributed by atoms with Crippen LogP contribution in [0.2, 0.25) is 0 Å². The van der Waals surface area contributed by atoms with Crippen LogP contribution in [-0.2, 0) is 14.3 Å². The van der Waals surface area contributed by atoms with Gasteiger partial charge in [-0.15, -0.1) is 0 Å². The first kappa shape index (κ1) is 17.2. The second-order valence-corrected chi connectivity index (χ2v) is 5.42. The van der Waals surface area contributed by atoms with Gasteiger partial charge in [0, 0.05) is 7.11 Å². The first-order valence-electron chi connectivity index (χ1n) is 6.99. The highest BCUT2D eigenvalue weighted by atomic mass is 16.5. The van der Waals surface area contributed by atoms with Crippen LogP contribution in [-0.4, -0.2) is 36.2 Å². The van der Waals surface area contributed by atoms with Crippen LogP contribution in [0.4, 0.5) is 0 Å². The lowest BCUT2D eigenvalue weighted by molar-refractivity contribution is -0.139. The quantitative estimate of drug-likeness (QED) is 0.770. The maximum absolute atomic E-state index is 12.5. The smallest absolute Gasteiger partial charge is 0.305 e. The molecule has 1 aromatic carbocycles. The minimum absolute atomic E-state index is 0.149. The second kappa shape index (κ2) is 7.78. The van der Waals surface area contributed by atoms with Crippen LogP contribution < -0.4 is 5.32 Å². The molecule has 1 amide bonds. The van der Waals surface area contributed by atoms with Crippen molar-refractivity contribution in [2.75, 3.05) is 13.7 Å². The Morgan fingerprint density at radius 3 is 2.43 bits per heavy atom. The number of aliphatic carboxylic acids is 1. The van der Waals surface area contributed by atoms with Gasteiger partial charge in [0.05, 0.1) is 24.5 Å². The van der Waals surface area contributed by atoms with Gasteiger partial charge in [-0.1, -0.05) is 37.3 Å². The third-order valence-corrected chi connectivity index (χ3v) is 3.36. The van der Waals surface area contributed by atoms with E-state index in [1.54, 1.807) is 6.92 Å². The molecule has 0 heterocycles. The molecule has 2 N–H and O–H groups in total. The number of ether oxygens (including phenoxy) is 1. The molecule has 2 atom stereocenters. The van der Waals surface area contributed by atoms with Crippen molar-refractivity contribution < 1.29 is 19.4 Å². The molecular formula is C16H23NO4. The second-order valence-electron chi connectivity index (χ2n) is 5.42. The normalized spacial score (nSPS) is 15.0. The van der Waals surface area contributed by atoms with Gasteiger partial charge in [-0.3, -0.25) is 9.59 Å². The number of carbonyl (C=O) groups excluding carboxylic acids is 1. The lowest BCUT2D eigenvalue weighted by Crippen LogP contribution is -2.52. The molecule has 0 saturated carbocycles. The molecule has 0 aliphatic rings. The highest BCUT2D eigenvalue weighted by Gasteiger charge is 2.32. The Kier molecular flexibility index (Phi) is 6.37. The van der Waals surface area contributed by atoms with E-state index in [1.165, 1.54) is 7.11 Å². The predicted octanol–water partition coefficient (Wildman–Crippen LogP) is 2.18. The largest absolute Gasteiger partial charge is 0.481 e. The molecule has 5 heteroatoms. The number of carboxylic acid groups (broad SMARTS) is 1. The zero-order valence-corrected chi connectivity index (χ0v) is 12.8. The van der Waals surface area contributed by atoms with Gasteiger partial charge < -0.3 is 15.2 Å². The molecule has 0 fully saturated rings. The lowest BCUT2D eigenvalue weighted by atomic mass is 9.92. The molecule has 0 spiro atoms. The summed E-state index contributed by atoms with van der Waals surface area (Å²) in [4.78, 5) is 23.5. The molecule has 116 valence electrons. The van der Waals surface area contributed by atoms with E-state index in [1.807, 2.05) is 37.3 Å². The van der Waals surface area contributed by atoms with E-state index in [2.05, 4.69) is 5.32 Å². The van der Waals surface area contributed by atoms with E-state index < -0.39 is 11.5 Å². The topological polar surface area (TPSA) is 75.6 Å². The van der Waals surface area contributed by atoms with Gasteiger partial charge in [-0.05, 0) is 18.9 Å². The van der Waals surface area contributed by atoms with Crippen LogP contribution in [0.15, 0.2) is 30.3 Å². The number of methoxy groups -OCH3 is 1. The van der Waals surface area contributed by atoms with Crippen molar-refractivity contribution >= 4 is 11.9 Å². The predicted molar refractivity (Wildman–Crippen MR) is 80.2 cm³/mol. The molecular weight excluding hydrogens is 270 g/mol. The van der Waals surface area contributed by atoms with Crippen molar-refractivity contribution in [3.63, 3.8) is 0 Å². The third kappa shape index (κ3) is 5.19. The van der Waals surface area contributed by atoms with Crippen LogP contribution in [0.25, 0.3) is 0 Å². The average molecular weight is 293 g/mol. The summed E-state index contributed by atoms with van der Waals surface area (Å²) in [6.45, 7) is 3.76. The Bertz CT molecular complexity index is 474. The van der Waals surface area contributed by atoms with Crippen LogP contribution in [0.3, 0.4) is 0 Å². The van der Waals surface area contributed by atoms with Crippen LogP contribution >= 0.6 is 0 Å². The summed E-state index contributed by atoms with van der Waals surface area (Å²) in [5.74, 6) is -1.44. The Labute approximate surface area is 125 Å². The minimum Gasteiger partial charge on any atom is -0.481 e. The number of hydrogen-bond donors (Lipinski definition) is 2. The number of nitrogens with one attached hydrogen (secondary N) is 1. The zero-order valence-electron chi connectivity index (χ0n) is 12.8. The molecule has 0 aliphatic carbocycles. The zero-order chi connectivity index (χ0) is 15.9. The van der Waals surface area contributed by atoms with Gasteiger partial charge in [0.15, 0.2) is 0 Å². The summed E-state index contributed by atoms with van der Waals surface area (Å²) in [6, 6.07) is 9.47. The van der Waals surface area contributed by atoms with Crippen molar-refractivity contribution in [1.29, 1.82) is 0 Å². The number of benzene rings is 1. The molecule has 5 nitrogen and oxygen atoms in total. The van der Waals surface area contributed by atoms with Crippen molar-refractivity contribution in [3.8, 4) is 0 Å². The standard InChI is InChI=1S/C16H23NO4/c1-4-13(12-8-6-5-7-9-12)15(20)17-16(2,11-21-3)10-14(18)19/h5-9,13H,4,10-11H2,1-3H3,(H,17,20)(H,18,19). The SMILES string of the molecule is CCC(C(=O)NC(C)(COC)CC(=O)O)c1ccccc1. The van der Waals surface area contributed by atoms with Gasteiger partial charge in [-0.2, -0.15) is 0 Å². The fourth-order valence-corrected chi connectivity index (χ4v) is 2.43. The number of amides is 1. The Hall–Kier alpha value is -1.88. The van der Waals surface area contributed by atoms with E-state index in [9.17, 15) is 9.59 Å². The van der Waals surface area contributed by atoms with Gasteiger partial charge in [0.25, 0.3) is 0 Å². The molecule has 0 aromatic heterocycles. The molecule has 1 aromatic rings. The average Bonchev–Trinajstić information content (AvgIpc) is 2.39. The summed E-state index contributed by atoms with van der Waals surface area (Å²) in [5, 5.41) is 11.8. The van der Waals surface area contributed by atoms with Gasteiger partial charge in [0.2, 0.25) is 5.91 Å². The Morgan fingerprint density at radius 1 is 1.33 bits per heavy atom. The lowest BCUT2D eigenvalue weighted by Gasteiger charge is -2.30. The summed E-state index contributed by atoms with van der Waals surface area (Å²) in [6.07, 6.45) is 0.462. The molecule has 21 heavy (non-hydrogen) atoms.